The van der Waals surface area contributed by atoms with Gasteiger partial charge < -0.3 is 10.2 Å². The van der Waals surface area contributed by atoms with Gasteiger partial charge >= 0.3 is 0 Å². The van der Waals surface area contributed by atoms with E-state index >= 15 is 0 Å². The first kappa shape index (κ1) is 22.2. The number of amides is 2. The second-order valence-electron chi connectivity index (χ2n) is 7.21. The summed E-state index contributed by atoms with van der Waals surface area (Å²) in [5, 5.41) is 2.90. The van der Waals surface area contributed by atoms with Gasteiger partial charge in [0.2, 0.25) is 11.8 Å². The molecule has 2 aromatic rings. The fraction of sp³-hybridized carbons (Fsp3) is 0.391. The van der Waals surface area contributed by atoms with Crippen LogP contribution in [-0.2, 0) is 22.6 Å². The first-order valence-corrected chi connectivity index (χ1v) is 10.5. The zero-order valence-electron chi connectivity index (χ0n) is 17.1. The van der Waals surface area contributed by atoms with E-state index in [2.05, 4.69) is 28.2 Å². The number of carbonyl (C=O) groups excluding carboxylic acids is 2. The summed E-state index contributed by atoms with van der Waals surface area (Å²) in [6.07, 6.45) is 1.14. The van der Waals surface area contributed by atoms with Gasteiger partial charge in [0.25, 0.3) is 0 Å². The largest absolute Gasteiger partial charge is 0.354 e. The summed E-state index contributed by atoms with van der Waals surface area (Å²) < 4.78 is 0.984. The molecule has 0 aliphatic carbocycles. The Bertz CT molecular complexity index is 818. The molecule has 0 radical (unpaired) electrons. The van der Waals surface area contributed by atoms with Gasteiger partial charge in [0.05, 0.1) is 6.42 Å². The molecule has 28 heavy (non-hydrogen) atoms. The van der Waals surface area contributed by atoms with E-state index in [1.165, 1.54) is 11.1 Å². The van der Waals surface area contributed by atoms with Gasteiger partial charge in [0.15, 0.2) is 0 Å². The summed E-state index contributed by atoms with van der Waals surface area (Å²) >= 11 is 3.43. The van der Waals surface area contributed by atoms with Crippen molar-refractivity contribution in [2.45, 2.75) is 53.1 Å². The number of benzene rings is 2. The summed E-state index contributed by atoms with van der Waals surface area (Å²) in [6, 6.07) is 13.4. The summed E-state index contributed by atoms with van der Waals surface area (Å²) in [5.41, 5.74) is 4.33. The van der Waals surface area contributed by atoms with E-state index < -0.39 is 6.04 Å². The van der Waals surface area contributed by atoms with Crippen molar-refractivity contribution in [3.63, 3.8) is 0 Å². The van der Waals surface area contributed by atoms with Crippen molar-refractivity contribution in [3.05, 3.63) is 69.2 Å². The van der Waals surface area contributed by atoms with Gasteiger partial charge in [0.1, 0.15) is 6.04 Å². The molecule has 2 aromatic carbocycles. The zero-order chi connectivity index (χ0) is 20.7. The molecule has 0 bridgehead atoms. The molecule has 0 saturated heterocycles. The van der Waals surface area contributed by atoms with Gasteiger partial charge in [-0.25, -0.2) is 0 Å². The summed E-state index contributed by atoms with van der Waals surface area (Å²) in [7, 11) is 0. The zero-order valence-corrected chi connectivity index (χ0v) is 18.7. The van der Waals surface area contributed by atoms with Crippen molar-refractivity contribution in [1.29, 1.82) is 0 Å². The first-order chi connectivity index (χ1) is 13.3. The Labute approximate surface area is 176 Å². The van der Waals surface area contributed by atoms with Crippen molar-refractivity contribution in [3.8, 4) is 0 Å². The smallest absolute Gasteiger partial charge is 0.242 e. The van der Waals surface area contributed by atoms with Crippen LogP contribution in [0.1, 0.15) is 42.5 Å². The van der Waals surface area contributed by atoms with Crippen LogP contribution in [0.4, 0.5) is 0 Å². The van der Waals surface area contributed by atoms with E-state index in [1.54, 1.807) is 11.8 Å². The molecule has 0 fully saturated rings. The highest BCUT2D eigenvalue weighted by Gasteiger charge is 2.26. The fourth-order valence-corrected chi connectivity index (χ4v) is 3.22. The number of hydrogen-bond donors (Lipinski definition) is 1. The third-order valence-corrected chi connectivity index (χ3v) is 5.44. The second kappa shape index (κ2) is 10.4. The van der Waals surface area contributed by atoms with Gasteiger partial charge in [0, 0.05) is 17.6 Å². The lowest BCUT2D eigenvalue weighted by molar-refractivity contribution is -0.140. The van der Waals surface area contributed by atoms with E-state index in [4.69, 9.17) is 0 Å². The monoisotopic (exact) mass is 444 g/mol. The van der Waals surface area contributed by atoms with E-state index in [0.29, 0.717) is 13.1 Å². The fourth-order valence-electron chi connectivity index (χ4n) is 2.95. The maximum Gasteiger partial charge on any atom is 0.242 e. The minimum absolute atomic E-state index is 0.0506. The molecule has 0 unspecified atom stereocenters. The molecular formula is C23H29BrN2O2. The quantitative estimate of drug-likeness (QED) is 0.648. The molecule has 5 heteroatoms. The van der Waals surface area contributed by atoms with Crippen LogP contribution in [0.2, 0.25) is 0 Å². The number of nitrogens with one attached hydrogen (secondary N) is 1. The number of halogens is 1. The predicted octanol–water partition coefficient (Wildman–Crippen LogP) is 4.55. The molecular weight excluding hydrogens is 416 g/mol. The molecule has 4 nitrogen and oxygen atoms in total. The number of rotatable bonds is 8. The van der Waals surface area contributed by atoms with E-state index in [-0.39, 0.29) is 18.2 Å². The lowest BCUT2D eigenvalue weighted by atomic mass is 10.0. The van der Waals surface area contributed by atoms with Crippen molar-refractivity contribution in [1.82, 2.24) is 10.2 Å². The molecule has 0 spiro atoms. The van der Waals surface area contributed by atoms with Gasteiger partial charge in [-0.2, -0.15) is 0 Å². The van der Waals surface area contributed by atoms with E-state index in [9.17, 15) is 9.59 Å². The maximum atomic E-state index is 13.1. The topological polar surface area (TPSA) is 49.4 Å². The third-order valence-electron chi connectivity index (χ3n) is 4.91. The Morgan fingerprint density at radius 1 is 1.04 bits per heavy atom. The Kier molecular flexibility index (Phi) is 8.24. The van der Waals surface area contributed by atoms with Crippen LogP contribution in [0.15, 0.2) is 46.9 Å². The molecule has 0 aliphatic rings. The highest BCUT2D eigenvalue weighted by molar-refractivity contribution is 9.10. The van der Waals surface area contributed by atoms with Crippen LogP contribution >= 0.6 is 15.9 Å². The molecule has 1 N–H and O–H groups in total. The number of aryl methyl sites for hydroxylation is 2. The van der Waals surface area contributed by atoms with Gasteiger partial charge in [-0.05, 0) is 61.6 Å². The number of nitrogens with zero attached hydrogens (tertiary/aromatic N) is 1. The minimum Gasteiger partial charge on any atom is -0.354 e. The van der Waals surface area contributed by atoms with Crippen molar-refractivity contribution in [2.75, 3.05) is 6.54 Å². The molecule has 0 aliphatic heterocycles. The average Bonchev–Trinajstić information content (AvgIpc) is 2.67. The molecule has 2 amide bonds. The van der Waals surface area contributed by atoms with Crippen LogP contribution in [0.5, 0.6) is 0 Å². The van der Waals surface area contributed by atoms with E-state index in [0.717, 1.165) is 22.0 Å². The maximum absolute atomic E-state index is 13.1. The van der Waals surface area contributed by atoms with Crippen molar-refractivity contribution >= 4 is 27.7 Å². The van der Waals surface area contributed by atoms with Gasteiger partial charge in [-0.15, -0.1) is 0 Å². The number of carbonyl (C=O) groups is 2. The average molecular weight is 445 g/mol. The summed E-state index contributed by atoms with van der Waals surface area (Å²) in [4.78, 5) is 27.3. The Balaban J connectivity index is 2.21. The molecule has 0 heterocycles. The minimum atomic E-state index is -0.533. The second-order valence-corrected chi connectivity index (χ2v) is 8.13. The van der Waals surface area contributed by atoms with Crippen LogP contribution < -0.4 is 5.32 Å². The first-order valence-electron chi connectivity index (χ1n) is 9.69. The Morgan fingerprint density at radius 3 is 2.29 bits per heavy atom. The van der Waals surface area contributed by atoms with Crippen LogP contribution in [0.3, 0.4) is 0 Å². The van der Waals surface area contributed by atoms with Gasteiger partial charge in [-0.1, -0.05) is 53.2 Å². The van der Waals surface area contributed by atoms with Crippen LogP contribution in [0, 0.1) is 13.8 Å². The molecule has 1 atom stereocenters. The van der Waals surface area contributed by atoms with Crippen LogP contribution in [0.25, 0.3) is 0 Å². The number of hydrogen-bond acceptors (Lipinski definition) is 2. The SMILES string of the molecule is CCCNC(=O)[C@H](C)N(Cc1ccc(Br)cc1)C(=O)Cc1ccc(C)c(C)c1. The molecule has 150 valence electrons. The Hall–Kier alpha value is -2.14. The van der Waals surface area contributed by atoms with E-state index in [1.807, 2.05) is 56.3 Å². The third kappa shape index (κ3) is 6.20. The van der Waals surface area contributed by atoms with Crippen molar-refractivity contribution < 1.29 is 9.59 Å². The summed E-state index contributed by atoms with van der Waals surface area (Å²) in [6.45, 7) is 8.92. The molecule has 0 aromatic heterocycles. The highest BCUT2D eigenvalue weighted by Crippen LogP contribution is 2.17. The lowest BCUT2D eigenvalue weighted by Gasteiger charge is -2.29. The molecule has 0 saturated carbocycles. The predicted molar refractivity (Wildman–Crippen MR) is 117 cm³/mol. The van der Waals surface area contributed by atoms with Crippen LogP contribution in [-0.4, -0.2) is 29.3 Å². The van der Waals surface area contributed by atoms with Gasteiger partial charge in [-0.3, -0.25) is 9.59 Å². The van der Waals surface area contributed by atoms with Crippen molar-refractivity contribution in [2.24, 2.45) is 0 Å². The lowest BCUT2D eigenvalue weighted by Crippen LogP contribution is -2.48. The normalized spacial score (nSPS) is 11.8. The summed E-state index contributed by atoms with van der Waals surface area (Å²) in [5.74, 6) is -0.169. The standard InChI is InChI=1S/C23H29BrN2O2/c1-5-12-25-23(28)18(4)26(15-19-8-10-21(24)11-9-19)22(27)14-20-7-6-16(2)17(3)13-20/h6-11,13,18H,5,12,14-15H2,1-4H3,(H,25,28)/t18-/m0/s1. The molecule has 2 rings (SSSR count). The Morgan fingerprint density at radius 2 is 1.68 bits per heavy atom. The highest BCUT2D eigenvalue weighted by atomic mass is 79.9.